The van der Waals surface area contributed by atoms with Crippen molar-refractivity contribution in [3.8, 4) is 0 Å². The Labute approximate surface area is 145 Å². The molecule has 134 valence electrons. The zero-order chi connectivity index (χ0) is 16.9. The number of piperidine rings is 1. The Balaban J connectivity index is 1.44. The third-order valence-corrected chi connectivity index (χ3v) is 7.29. The lowest BCUT2D eigenvalue weighted by Gasteiger charge is -2.59. The molecule has 23 heavy (non-hydrogen) atoms. The molecule has 0 radical (unpaired) electrons. The first-order chi connectivity index (χ1) is 10.6. The molecule has 0 unspecified atom stereocenters. The van der Waals surface area contributed by atoms with Crippen molar-refractivity contribution in [3.63, 3.8) is 0 Å². The zero-order valence-electron chi connectivity index (χ0n) is 16.6. The van der Waals surface area contributed by atoms with Crippen LogP contribution in [0.15, 0.2) is 0 Å². The van der Waals surface area contributed by atoms with E-state index in [-0.39, 0.29) is 0 Å². The first-order valence-electron chi connectivity index (χ1n) is 10.1. The van der Waals surface area contributed by atoms with Gasteiger partial charge in [-0.3, -0.25) is 4.90 Å². The summed E-state index contributed by atoms with van der Waals surface area (Å²) in [5, 5.41) is 0. The Morgan fingerprint density at radius 2 is 1.30 bits per heavy atom. The van der Waals surface area contributed by atoms with Gasteiger partial charge in [-0.1, -0.05) is 20.8 Å². The topological polar surface area (TPSA) is 6.48 Å². The number of hydrogen-bond acceptors (Lipinski definition) is 2. The molecule has 2 nitrogen and oxygen atoms in total. The van der Waals surface area contributed by atoms with Gasteiger partial charge in [0.05, 0.1) is 0 Å². The number of rotatable bonds is 1. The molecule has 3 rings (SSSR count). The second-order valence-corrected chi connectivity index (χ2v) is 10.9. The number of likely N-dealkylation sites (tertiary alicyclic amines) is 2. The van der Waals surface area contributed by atoms with Gasteiger partial charge in [-0.05, 0) is 89.1 Å². The highest BCUT2D eigenvalue weighted by Crippen LogP contribution is 2.47. The lowest BCUT2D eigenvalue weighted by Crippen LogP contribution is -2.64. The average Bonchev–Trinajstić information content (AvgIpc) is 2.43. The lowest BCUT2D eigenvalue weighted by atomic mass is 9.65. The minimum atomic E-state index is 0.372. The van der Waals surface area contributed by atoms with Crippen LogP contribution in [0.3, 0.4) is 0 Å². The lowest BCUT2D eigenvalue weighted by molar-refractivity contribution is -0.0907. The monoisotopic (exact) mass is 320 g/mol. The summed E-state index contributed by atoms with van der Waals surface area (Å²) >= 11 is 0. The van der Waals surface area contributed by atoms with Gasteiger partial charge >= 0.3 is 0 Å². The molecule has 1 spiro atoms. The Kier molecular flexibility index (Phi) is 4.64. The first-order valence-corrected chi connectivity index (χ1v) is 10.1. The smallest absolute Gasteiger partial charge is 0.0125 e. The van der Waals surface area contributed by atoms with Crippen molar-refractivity contribution in [2.75, 3.05) is 26.2 Å². The van der Waals surface area contributed by atoms with E-state index in [0.29, 0.717) is 16.4 Å². The normalized spacial score (nSPS) is 29.0. The van der Waals surface area contributed by atoms with Crippen molar-refractivity contribution in [1.82, 2.24) is 9.80 Å². The van der Waals surface area contributed by atoms with E-state index in [1.807, 2.05) is 0 Å². The minimum absolute atomic E-state index is 0.372. The molecule has 2 heterocycles. The highest BCUT2D eigenvalue weighted by atomic mass is 15.3. The Morgan fingerprint density at radius 1 is 0.783 bits per heavy atom. The van der Waals surface area contributed by atoms with Gasteiger partial charge < -0.3 is 4.90 Å². The molecule has 0 bridgehead atoms. The largest absolute Gasteiger partial charge is 0.300 e. The molecule has 0 atom stereocenters. The maximum Gasteiger partial charge on any atom is 0.0125 e. The second kappa shape index (κ2) is 6.02. The van der Waals surface area contributed by atoms with Crippen LogP contribution in [0.4, 0.5) is 0 Å². The zero-order valence-corrected chi connectivity index (χ0v) is 16.6. The van der Waals surface area contributed by atoms with Crippen LogP contribution in [-0.4, -0.2) is 47.6 Å². The first kappa shape index (κ1) is 17.7. The van der Waals surface area contributed by atoms with Gasteiger partial charge in [0.25, 0.3) is 0 Å². The van der Waals surface area contributed by atoms with E-state index in [1.54, 1.807) is 0 Å². The van der Waals surface area contributed by atoms with E-state index in [2.05, 4.69) is 51.3 Å². The molecule has 2 heteroatoms. The van der Waals surface area contributed by atoms with E-state index in [1.165, 1.54) is 64.7 Å². The molecule has 1 aliphatic carbocycles. The summed E-state index contributed by atoms with van der Waals surface area (Å²) in [5.74, 6) is 0.931. The predicted octanol–water partition coefficient (Wildman–Crippen LogP) is 4.79. The molecular formula is C21H40N2. The molecule has 3 aliphatic rings. The molecule has 2 saturated heterocycles. The maximum atomic E-state index is 2.84. The van der Waals surface area contributed by atoms with E-state index < -0.39 is 0 Å². The third-order valence-electron chi connectivity index (χ3n) is 7.29. The van der Waals surface area contributed by atoms with Crippen LogP contribution in [0.25, 0.3) is 0 Å². The molecule has 0 N–H and O–H groups in total. The Hall–Kier alpha value is -0.0800. The second-order valence-electron chi connectivity index (χ2n) is 10.9. The summed E-state index contributed by atoms with van der Waals surface area (Å²) < 4.78 is 0. The van der Waals surface area contributed by atoms with Crippen LogP contribution in [0.1, 0.15) is 80.1 Å². The van der Waals surface area contributed by atoms with E-state index in [0.717, 1.165) is 12.0 Å². The molecule has 0 aromatic heterocycles. The van der Waals surface area contributed by atoms with E-state index >= 15 is 0 Å². The van der Waals surface area contributed by atoms with Crippen molar-refractivity contribution < 1.29 is 0 Å². The van der Waals surface area contributed by atoms with E-state index in [4.69, 9.17) is 0 Å². The predicted molar refractivity (Wildman–Crippen MR) is 99.8 cm³/mol. The van der Waals surface area contributed by atoms with Crippen LogP contribution in [-0.2, 0) is 0 Å². The van der Waals surface area contributed by atoms with Crippen LogP contribution >= 0.6 is 0 Å². The van der Waals surface area contributed by atoms with Crippen LogP contribution in [0, 0.1) is 16.7 Å². The minimum Gasteiger partial charge on any atom is -0.300 e. The van der Waals surface area contributed by atoms with Crippen LogP contribution in [0.2, 0.25) is 0 Å². The van der Waals surface area contributed by atoms with Crippen molar-refractivity contribution in [2.24, 2.45) is 16.7 Å². The maximum absolute atomic E-state index is 2.84. The van der Waals surface area contributed by atoms with Crippen molar-refractivity contribution in [2.45, 2.75) is 91.6 Å². The molecular weight excluding hydrogens is 280 g/mol. The molecule has 0 aromatic carbocycles. The quantitative estimate of drug-likeness (QED) is 0.685. The summed E-state index contributed by atoms with van der Waals surface area (Å²) in [6.07, 6.45) is 8.70. The highest BCUT2D eigenvalue weighted by Gasteiger charge is 2.48. The van der Waals surface area contributed by atoms with Crippen molar-refractivity contribution in [1.29, 1.82) is 0 Å². The van der Waals surface area contributed by atoms with Crippen molar-refractivity contribution >= 4 is 0 Å². The van der Waals surface area contributed by atoms with Crippen molar-refractivity contribution in [3.05, 3.63) is 0 Å². The van der Waals surface area contributed by atoms with Gasteiger partial charge in [-0.15, -0.1) is 0 Å². The van der Waals surface area contributed by atoms with Gasteiger partial charge in [0.2, 0.25) is 0 Å². The highest BCUT2D eigenvalue weighted by molar-refractivity contribution is 5.02. The summed E-state index contributed by atoms with van der Waals surface area (Å²) in [4.78, 5) is 5.53. The number of nitrogens with zero attached hydrogens (tertiary/aromatic N) is 2. The molecule has 3 fully saturated rings. The van der Waals surface area contributed by atoms with Crippen LogP contribution in [0.5, 0.6) is 0 Å². The molecule has 2 aliphatic heterocycles. The third kappa shape index (κ3) is 3.79. The van der Waals surface area contributed by atoms with Gasteiger partial charge in [0.15, 0.2) is 0 Å². The summed E-state index contributed by atoms with van der Waals surface area (Å²) in [5.41, 5.74) is 1.56. The fourth-order valence-electron chi connectivity index (χ4n) is 5.26. The number of hydrogen-bond donors (Lipinski definition) is 0. The van der Waals surface area contributed by atoms with Gasteiger partial charge in [-0.25, -0.2) is 0 Å². The van der Waals surface area contributed by atoms with E-state index in [9.17, 15) is 0 Å². The molecule has 1 saturated carbocycles. The SMILES string of the molecule is CC(C)(C)C1CCN(C2CCC3(CC2)CN(C(C)(C)C)C3)CC1. The summed E-state index contributed by atoms with van der Waals surface area (Å²) in [6, 6.07) is 0.894. The average molecular weight is 321 g/mol. The molecule has 0 aromatic rings. The Bertz CT molecular complexity index is 391. The van der Waals surface area contributed by atoms with Crippen LogP contribution < -0.4 is 0 Å². The Morgan fingerprint density at radius 3 is 1.74 bits per heavy atom. The molecule has 0 amide bonds. The van der Waals surface area contributed by atoms with Gasteiger partial charge in [0, 0.05) is 24.7 Å². The van der Waals surface area contributed by atoms with Gasteiger partial charge in [-0.2, -0.15) is 0 Å². The summed E-state index contributed by atoms with van der Waals surface area (Å²) in [6.45, 7) is 19.8. The van der Waals surface area contributed by atoms with Gasteiger partial charge in [0.1, 0.15) is 0 Å². The fourth-order valence-corrected chi connectivity index (χ4v) is 5.26. The fraction of sp³-hybridized carbons (Fsp3) is 1.00. The summed E-state index contributed by atoms with van der Waals surface area (Å²) in [7, 11) is 0. The standard InChI is InChI=1S/C21H40N2/c1-19(2,3)17-9-13-22(14-10-17)18-7-11-21(12-8-18)15-23(16-21)20(4,5)6/h17-18H,7-16H2,1-6H3.